The Morgan fingerprint density at radius 1 is 1.29 bits per heavy atom. The molecule has 2 aliphatic rings. The zero-order chi connectivity index (χ0) is 20.7. The number of alkyl halides is 3. The number of anilines is 1. The lowest BCUT2D eigenvalue weighted by atomic mass is 10.1. The van der Waals surface area contributed by atoms with E-state index in [1.807, 2.05) is 30.3 Å². The number of nitrogens with one attached hydrogen (secondary N) is 2. The van der Waals surface area contributed by atoms with Crippen LogP contribution < -0.4 is 10.6 Å². The summed E-state index contributed by atoms with van der Waals surface area (Å²) < 4.78 is 31.7. The lowest BCUT2D eigenvalue weighted by Crippen LogP contribution is -2.45. The van der Waals surface area contributed by atoms with Gasteiger partial charge in [-0.25, -0.2) is 4.79 Å². The minimum Gasteiger partial charge on any atom is -0.475 e. The number of para-hydroxylation sites is 1. The average molecular weight is 398 g/mol. The fourth-order valence-electron chi connectivity index (χ4n) is 3.17. The highest BCUT2D eigenvalue weighted by molar-refractivity contribution is 5.83. The van der Waals surface area contributed by atoms with Gasteiger partial charge in [-0.05, 0) is 31.4 Å². The summed E-state index contributed by atoms with van der Waals surface area (Å²) in [4.78, 5) is 23.1. The highest BCUT2D eigenvalue weighted by Gasteiger charge is 2.38. The molecule has 2 fully saturated rings. The molecular formula is C18H21F3N4O3. The first-order chi connectivity index (χ1) is 13.2. The molecule has 0 aliphatic carbocycles. The lowest BCUT2D eigenvalue weighted by Gasteiger charge is -2.23. The van der Waals surface area contributed by atoms with Crippen molar-refractivity contribution in [3.63, 3.8) is 0 Å². The van der Waals surface area contributed by atoms with Gasteiger partial charge in [0, 0.05) is 24.8 Å². The molecule has 3 atom stereocenters. The van der Waals surface area contributed by atoms with E-state index in [2.05, 4.69) is 16.7 Å². The number of carbonyl (C=O) groups is 2. The van der Waals surface area contributed by atoms with Crippen LogP contribution in [0.3, 0.4) is 0 Å². The number of benzene rings is 1. The average Bonchev–Trinajstić information content (AvgIpc) is 3.31. The van der Waals surface area contributed by atoms with Gasteiger partial charge in [-0.3, -0.25) is 4.79 Å². The molecule has 0 spiro atoms. The van der Waals surface area contributed by atoms with Crippen LogP contribution in [-0.2, 0) is 9.59 Å². The molecule has 7 nitrogen and oxygen atoms in total. The minimum atomic E-state index is -5.08. The molecule has 2 saturated heterocycles. The number of hydrogen-bond donors (Lipinski definition) is 3. The highest BCUT2D eigenvalue weighted by Crippen LogP contribution is 2.21. The number of nitriles is 1. The zero-order valence-corrected chi connectivity index (χ0v) is 14.9. The third kappa shape index (κ3) is 5.85. The fraction of sp³-hybridized carbons (Fsp3) is 0.500. The normalized spacial score (nSPS) is 24.1. The Bertz CT molecular complexity index is 721. The van der Waals surface area contributed by atoms with Crippen LogP contribution in [0.1, 0.15) is 19.3 Å². The van der Waals surface area contributed by atoms with Gasteiger partial charge in [0.1, 0.15) is 6.04 Å². The molecule has 2 aliphatic heterocycles. The van der Waals surface area contributed by atoms with Crippen LogP contribution in [0, 0.1) is 11.3 Å². The molecule has 0 radical (unpaired) electrons. The van der Waals surface area contributed by atoms with Crippen LogP contribution in [0.15, 0.2) is 30.3 Å². The van der Waals surface area contributed by atoms with E-state index in [0.717, 1.165) is 31.5 Å². The third-order valence-corrected chi connectivity index (χ3v) is 4.50. The van der Waals surface area contributed by atoms with E-state index in [-0.39, 0.29) is 24.0 Å². The maximum atomic E-state index is 12.5. The molecule has 1 aromatic rings. The predicted molar refractivity (Wildman–Crippen MR) is 94.3 cm³/mol. The second kappa shape index (κ2) is 9.41. The van der Waals surface area contributed by atoms with Crippen LogP contribution in [0.4, 0.5) is 18.9 Å². The number of amides is 1. The monoisotopic (exact) mass is 398 g/mol. The molecule has 28 heavy (non-hydrogen) atoms. The van der Waals surface area contributed by atoms with Crippen molar-refractivity contribution in [2.75, 3.05) is 18.4 Å². The summed E-state index contributed by atoms with van der Waals surface area (Å²) in [7, 11) is 0. The van der Waals surface area contributed by atoms with Gasteiger partial charge in [0.25, 0.3) is 0 Å². The van der Waals surface area contributed by atoms with Gasteiger partial charge >= 0.3 is 12.1 Å². The molecule has 0 aromatic heterocycles. The summed E-state index contributed by atoms with van der Waals surface area (Å²) in [6.45, 7) is 1.49. The Morgan fingerprint density at radius 2 is 1.93 bits per heavy atom. The SMILES string of the molecule is N#C[C@@H]1CCCN1C(=O)C1CC(Nc2ccccc2)CN1.O=C(O)C(F)(F)F. The zero-order valence-electron chi connectivity index (χ0n) is 14.9. The summed E-state index contributed by atoms with van der Waals surface area (Å²) in [6, 6.07) is 12.1. The number of hydrogen-bond acceptors (Lipinski definition) is 5. The summed E-state index contributed by atoms with van der Waals surface area (Å²) >= 11 is 0. The largest absolute Gasteiger partial charge is 0.490 e. The predicted octanol–water partition coefficient (Wildman–Crippen LogP) is 1.98. The van der Waals surface area contributed by atoms with Crippen molar-refractivity contribution < 1.29 is 27.9 Å². The third-order valence-electron chi connectivity index (χ3n) is 4.50. The van der Waals surface area contributed by atoms with Crippen LogP contribution in [0.25, 0.3) is 0 Å². The molecule has 2 heterocycles. The number of nitrogens with zero attached hydrogens (tertiary/aromatic N) is 2. The minimum absolute atomic E-state index is 0.0800. The van der Waals surface area contributed by atoms with E-state index in [4.69, 9.17) is 15.2 Å². The maximum absolute atomic E-state index is 12.5. The first-order valence-electron chi connectivity index (χ1n) is 8.77. The van der Waals surface area contributed by atoms with Gasteiger partial charge in [0.2, 0.25) is 5.91 Å². The molecular weight excluding hydrogens is 377 g/mol. The van der Waals surface area contributed by atoms with Crippen molar-refractivity contribution in [2.24, 2.45) is 0 Å². The molecule has 0 bridgehead atoms. The van der Waals surface area contributed by atoms with Gasteiger partial charge in [-0.1, -0.05) is 18.2 Å². The summed E-state index contributed by atoms with van der Waals surface area (Å²) in [5.41, 5.74) is 1.08. The Labute approximate surface area is 160 Å². The van der Waals surface area contributed by atoms with E-state index >= 15 is 0 Å². The molecule has 1 amide bonds. The smallest absolute Gasteiger partial charge is 0.475 e. The van der Waals surface area contributed by atoms with Crippen molar-refractivity contribution in [3.05, 3.63) is 30.3 Å². The molecule has 1 aromatic carbocycles. The van der Waals surface area contributed by atoms with E-state index in [1.165, 1.54) is 0 Å². The first kappa shape index (κ1) is 21.5. The summed E-state index contributed by atoms with van der Waals surface area (Å²) in [5, 5.41) is 23.0. The Morgan fingerprint density at radius 3 is 2.50 bits per heavy atom. The van der Waals surface area contributed by atoms with E-state index in [1.54, 1.807) is 4.90 Å². The van der Waals surface area contributed by atoms with E-state index < -0.39 is 12.1 Å². The second-order valence-electron chi connectivity index (χ2n) is 6.53. The number of aliphatic carboxylic acids is 1. The molecule has 152 valence electrons. The first-order valence-corrected chi connectivity index (χ1v) is 8.77. The molecule has 3 rings (SSSR count). The number of carbonyl (C=O) groups excluding carboxylic acids is 1. The van der Waals surface area contributed by atoms with Crippen LogP contribution >= 0.6 is 0 Å². The van der Waals surface area contributed by atoms with Crippen LogP contribution in [0.2, 0.25) is 0 Å². The van der Waals surface area contributed by atoms with Gasteiger partial charge in [0.05, 0.1) is 12.1 Å². The van der Waals surface area contributed by atoms with Crippen molar-refractivity contribution in [2.45, 2.75) is 43.6 Å². The quantitative estimate of drug-likeness (QED) is 0.719. The number of likely N-dealkylation sites (tertiary alicyclic amines) is 1. The molecule has 10 heteroatoms. The van der Waals surface area contributed by atoms with E-state index in [9.17, 15) is 18.0 Å². The highest BCUT2D eigenvalue weighted by atomic mass is 19.4. The molecule has 0 saturated carbocycles. The van der Waals surface area contributed by atoms with E-state index in [0.29, 0.717) is 6.54 Å². The van der Waals surface area contributed by atoms with Gasteiger partial charge < -0.3 is 20.6 Å². The lowest BCUT2D eigenvalue weighted by molar-refractivity contribution is -0.192. The fourth-order valence-corrected chi connectivity index (χ4v) is 3.17. The number of halogens is 3. The van der Waals surface area contributed by atoms with Gasteiger partial charge in [-0.15, -0.1) is 0 Å². The summed E-state index contributed by atoms with van der Waals surface area (Å²) in [5.74, 6) is -2.68. The Kier molecular flexibility index (Phi) is 7.23. The van der Waals surface area contributed by atoms with Crippen LogP contribution in [-0.4, -0.2) is 59.3 Å². The van der Waals surface area contributed by atoms with Gasteiger partial charge in [-0.2, -0.15) is 18.4 Å². The number of rotatable bonds is 3. The molecule has 2 unspecified atom stereocenters. The Hall–Kier alpha value is -2.80. The molecule has 3 N–H and O–H groups in total. The number of carboxylic acids is 1. The van der Waals surface area contributed by atoms with Crippen LogP contribution in [0.5, 0.6) is 0 Å². The van der Waals surface area contributed by atoms with Crippen molar-refractivity contribution in [1.82, 2.24) is 10.2 Å². The van der Waals surface area contributed by atoms with Gasteiger partial charge in [0.15, 0.2) is 0 Å². The summed E-state index contributed by atoms with van der Waals surface area (Å²) in [6.07, 6.45) is -2.58. The second-order valence-corrected chi connectivity index (χ2v) is 6.53. The Balaban J connectivity index is 0.000000345. The van der Waals surface area contributed by atoms with Crippen molar-refractivity contribution >= 4 is 17.6 Å². The van der Waals surface area contributed by atoms with Crippen molar-refractivity contribution in [1.29, 1.82) is 5.26 Å². The topological polar surface area (TPSA) is 105 Å². The van der Waals surface area contributed by atoms with Crippen molar-refractivity contribution in [3.8, 4) is 6.07 Å². The standard InChI is InChI=1S/C16H20N4O.C2HF3O2/c17-10-14-7-4-8-20(14)16(21)15-9-13(11-18-15)19-12-5-2-1-3-6-12;3-2(4,5)1(6)7/h1-3,5-6,13-15,18-19H,4,7-9,11H2;(H,6,7)/t13?,14-,15?;/m0./s1. The number of carboxylic acid groups (broad SMARTS) is 1. The maximum Gasteiger partial charge on any atom is 0.490 e.